The van der Waals surface area contributed by atoms with Crippen LogP contribution in [0.5, 0.6) is 0 Å². The molecule has 1 aromatic heterocycles. The summed E-state index contributed by atoms with van der Waals surface area (Å²) in [4.78, 5) is 19.2. The number of rotatable bonds is 3. The van der Waals surface area contributed by atoms with Crippen LogP contribution in [0.4, 0.5) is 11.5 Å². The van der Waals surface area contributed by atoms with Crippen molar-refractivity contribution in [1.82, 2.24) is 4.98 Å². The molecule has 1 N–H and O–H groups in total. The summed E-state index contributed by atoms with van der Waals surface area (Å²) in [6.45, 7) is 4.08. The third-order valence-electron chi connectivity index (χ3n) is 4.33. The van der Waals surface area contributed by atoms with Crippen LogP contribution in [0.15, 0.2) is 42.6 Å². The van der Waals surface area contributed by atoms with Gasteiger partial charge in [0.25, 0.3) is 5.91 Å². The van der Waals surface area contributed by atoms with Crippen LogP contribution in [0.3, 0.4) is 0 Å². The summed E-state index contributed by atoms with van der Waals surface area (Å²) in [5.41, 5.74) is 2.40. The van der Waals surface area contributed by atoms with Crippen LogP contribution in [0.25, 0.3) is 0 Å². The summed E-state index contributed by atoms with van der Waals surface area (Å²) in [6, 6.07) is 11.5. The normalized spacial score (nSPS) is 15.1. The molecule has 1 amide bonds. The first-order valence-electron chi connectivity index (χ1n) is 8.32. The predicted molar refractivity (Wildman–Crippen MR) is 94.1 cm³/mol. The molecule has 1 fully saturated rings. The van der Waals surface area contributed by atoms with Crippen molar-refractivity contribution in [2.75, 3.05) is 23.3 Å². The molecule has 0 saturated carbocycles. The standard InChI is InChI=1S/C19H23N3O/c1-15-8-4-5-9-17(15)19(23)21-16-10-11-18(20-14-16)22-12-6-2-3-7-13-22/h4-5,8-11,14H,2-3,6-7,12-13H2,1H3,(H,21,23). The largest absolute Gasteiger partial charge is 0.357 e. The number of amides is 1. The number of carbonyl (C=O) groups is 1. The molecule has 1 saturated heterocycles. The van der Waals surface area contributed by atoms with Gasteiger partial charge in [0.1, 0.15) is 5.82 Å². The van der Waals surface area contributed by atoms with E-state index in [1.807, 2.05) is 43.3 Å². The topological polar surface area (TPSA) is 45.2 Å². The number of benzene rings is 1. The molecule has 1 aliphatic rings. The third-order valence-corrected chi connectivity index (χ3v) is 4.33. The number of pyridine rings is 1. The monoisotopic (exact) mass is 309 g/mol. The molecule has 0 atom stereocenters. The van der Waals surface area contributed by atoms with Gasteiger partial charge in [-0.3, -0.25) is 4.79 Å². The maximum Gasteiger partial charge on any atom is 0.255 e. The number of aryl methyl sites for hydroxylation is 1. The summed E-state index contributed by atoms with van der Waals surface area (Å²) in [6.07, 6.45) is 6.82. The molecule has 4 heteroatoms. The van der Waals surface area contributed by atoms with Gasteiger partial charge in [0.2, 0.25) is 0 Å². The van der Waals surface area contributed by atoms with E-state index in [0.717, 1.165) is 30.2 Å². The predicted octanol–water partition coefficient (Wildman–Crippen LogP) is 4.02. The Bertz CT molecular complexity index is 659. The van der Waals surface area contributed by atoms with E-state index in [1.54, 1.807) is 6.20 Å². The van der Waals surface area contributed by atoms with Crippen LogP contribution in [0.2, 0.25) is 0 Å². The Morgan fingerprint density at radius 3 is 2.43 bits per heavy atom. The van der Waals surface area contributed by atoms with Gasteiger partial charge in [0, 0.05) is 18.7 Å². The zero-order chi connectivity index (χ0) is 16.1. The number of nitrogens with zero attached hydrogens (tertiary/aromatic N) is 2. The number of nitrogens with one attached hydrogen (secondary N) is 1. The van der Waals surface area contributed by atoms with Gasteiger partial charge in [-0.2, -0.15) is 0 Å². The van der Waals surface area contributed by atoms with E-state index < -0.39 is 0 Å². The van der Waals surface area contributed by atoms with E-state index in [2.05, 4.69) is 15.2 Å². The maximum atomic E-state index is 12.3. The van der Waals surface area contributed by atoms with Gasteiger partial charge in [0.05, 0.1) is 11.9 Å². The molecule has 1 aromatic carbocycles. The lowest BCUT2D eigenvalue weighted by Crippen LogP contribution is -2.24. The summed E-state index contributed by atoms with van der Waals surface area (Å²) in [7, 11) is 0. The number of aromatic nitrogens is 1. The Morgan fingerprint density at radius 2 is 1.78 bits per heavy atom. The van der Waals surface area contributed by atoms with Crippen molar-refractivity contribution in [1.29, 1.82) is 0 Å². The molecule has 1 aliphatic heterocycles. The van der Waals surface area contributed by atoms with E-state index in [1.165, 1.54) is 25.7 Å². The molecule has 0 bridgehead atoms. The van der Waals surface area contributed by atoms with Crippen molar-refractivity contribution in [3.05, 3.63) is 53.7 Å². The van der Waals surface area contributed by atoms with E-state index in [0.29, 0.717) is 5.56 Å². The van der Waals surface area contributed by atoms with Crippen LogP contribution >= 0.6 is 0 Å². The average Bonchev–Trinajstić information content (AvgIpc) is 2.85. The second kappa shape index (κ2) is 7.27. The Balaban J connectivity index is 1.67. The van der Waals surface area contributed by atoms with Crippen molar-refractivity contribution >= 4 is 17.4 Å². The van der Waals surface area contributed by atoms with Crippen molar-refractivity contribution in [2.45, 2.75) is 32.6 Å². The first-order chi connectivity index (χ1) is 11.2. The highest BCUT2D eigenvalue weighted by Gasteiger charge is 2.12. The second-order valence-electron chi connectivity index (χ2n) is 6.08. The van der Waals surface area contributed by atoms with Crippen molar-refractivity contribution in [3.8, 4) is 0 Å². The van der Waals surface area contributed by atoms with Gasteiger partial charge >= 0.3 is 0 Å². The molecule has 120 valence electrons. The first-order valence-corrected chi connectivity index (χ1v) is 8.32. The molecule has 2 aromatic rings. The van der Waals surface area contributed by atoms with Crippen molar-refractivity contribution in [3.63, 3.8) is 0 Å². The van der Waals surface area contributed by atoms with Crippen LogP contribution in [0, 0.1) is 6.92 Å². The number of carbonyl (C=O) groups excluding carboxylic acids is 1. The van der Waals surface area contributed by atoms with Crippen molar-refractivity contribution in [2.24, 2.45) is 0 Å². The molecule has 0 aliphatic carbocycles. The lowest BCUT2D eigenvalue weighted by atomic mass is 10.1. The Labute approximate surface area is 137 Å². The lowest BCUT2D eigenvalue weighted by Gasteiger charge is -2.21. The Kier molecular flexibility index (Phi) is 4.91. The molecule has 23 heavy (non-hydrogen) atoms. The molecule has 3 rings (SSSR count). The van der Waals surface area contributed by atoms with Gasteiger partial charge < -0.3 is 10.2 Å². The zero-order valence-corrected chi connectivity index (χ0v) is 13.6. The summed E-state index contributed by atoms with van der Waals surface area (Å²) in [5, 5.41) is 2.92. The van der Waals surface area contributed by atoms with Gasteiger partial charge in [-0.25, -0.2) is 4.98 Å². The summed E-state index contributed by atoms with van der Waals surface area (Å²) < 4.78 is 0. The minimum atomic E-state index is -0.0903. The van der Waals surface area contributed by atoms with Gasteiger partial charge in [-0.15, -0.1) is 0 Å². The lowest BCUT2D eigenvalue weighted by molar-refractivity contribution is 0.102. The van der Waals surface area contributed by atoms with Gasteiger partial charge in [-0.1, -0.05) is 31.0 Å². The molecular formula is C19H23N3O. The van der Waals surface area contributed by atoms with Gasteiger partial charge in [0.15, 0.2) is 0 Å². The molecular weight excluding hydrogens is 286 g/mol. The molecule has 0 radical (unpaired) electrons. The Hall–Kier alpha value is -2.36. The number of hydrogen-bond acceptors (Lipinski definition) is 3. The minimum absolute atomic E-state index is 0.0903. The third kappa shape index (κ3) is 3.89. The van der Waals surface area contributed by atoms with E-state index >= 15 is 0 Å². The van der Waals surface area contributed by atoms with E-state index in [-0.39, 0.29) is 5.91 Å². The van der Waals surface area contributed by atoms with Crippen LogP contribution in [-0.2, 0) is 0 Å². The summed E-state index contributed by atoms with van der Waals surface area (Å²) >= 11 is 0. The van der Waals surface area contributed by atoms with Crippen LogP contribution < -0.4 is 10.2 Å². The number of anilines is 2. The molecule has 0 spiro atoms. The molecule has 4 nitrogen and oxygen atoms in total. The quantitative estimate of drug-likeness (QED) is 0.931. The number of hydrogen-bond donors (Lipinski definition) is 1. The van der Waals surface area contributed by atoms with Crippen molar-refractivity contribution < 1.29 is 4.79 Å². The van der Waals surface area contributed by atoms with Crippen LogP contribution in [-0.4, -0.2) is 24.0 Å². The Morgan fingerprint density at radius 1 is 1.04 bits per heavy atom. The fourth-order valence-electron chi connectivity index (χ4n) is 2.97. The fraction of sp³-hybridized carbons (Fsp3) is 0.368. The molecule has 0 unspecified atom stereocenters. The second-order valence-corrected chi connectivity index (χ2v) is 6.08. The average molecular weight is 309 g/mol. The SMILES string of the molecule is Cc1ccccc1C(=O)Nc1ccc(N2CCCCCC2)nc1. The maximum absolute atomic E-state index is 12.3. The zero-order valence-electron chi connectivity index (χ0n) is 13.6. The highest BCUT2D eigenvalue weighted by atomic mass is 16.1. The highest BCUT2D eigenvalue weighted by Crippen LogP contribution is 2.19. The minimum Gasteiger partial charge on any atom is -0.357 e. The fourth-order valence-corrected chi connectivity index (χ4v) is 2.97. The highest BCUT2D eigenvalue weighted by molar-refractivity contribution is 6.05. The molecule has 2 heterocycles. The van der Waals surface area contributed by atoms with E-state index in [9.17, 15) is 4.79 Å². The van der Waals surface area contributed by atoms with Gasteiger partial charge in [-0.05, 0) is 43.5 Å². The first kappa shape index (κ1) is 15.5. The summed E-state index contributed by atoms with van der Waals surface area (Å²) in [5.74, 6) is 0.910. The van der Waals surface area contributed by atoms with Crippen LogP contribution in [0.1, 0.15) is 41.6 Å². The smallest absolute Gasteiger partial charge is 0.255 e. The van der Waals surface area contributed by atoms with E-state index in [4.69, 9.17) is 0 Å².